The van der Waals surface area contributed by atoms with Gasteiger partial charge in [-0.05, 0) is 78.8 Å². The molecule has 0 amide bonds. The first-order chi connectivity index (χ1) is 8.66. The fraction of sp³-hybridized carbons (Fsp3) is 0.562. The number of thiocyanates is 1. The molecule has 0 N–H and O–H groups in total. The van der Waals surface area contributed by atoms with E-state index < -0.39 is 0 Å². The minimum Gasteiger partial charge on any atom is -0.185 e. The minimum absolute atomic E-state index is 0.452. The smallest absolute Gasteiger partial charge is 0.138 e. The molecule has 1 nitrogen and oxygen atoms in total. The van der Waals surface area contributed by atoms with Crippen molar-refractivity contribution in [1.29, 1.82) is 5.26 Å². The first-order valence-corrected chi connectivity index (χ1v) is 7.64. The maximum absolute atomic E-state index is 8.68. The Morgan fingerprint density at radius 3 is 2.06 bits per heavy atom. The fourth-order valence-corrected chi connectivity index (χ4v) is 4.11. The Hall–Kier alpha value is -0.940. The zero-order valence-corrected chi connectivity index (χ0v) is 11.7. The Balaban J connectivity index is 1.84. The largest absolute Gasteiger partial charge is 0.185 e. The highest BCUT2D eigenvalue weighted by atomic mass is 32.2. The first-order valence-electron chi connectivity index (χ1n) is 6.82. The average molecular weight is 257 g/mol. The van der Waals surface area contributed by atoms with E-state index in [1.807, 2.05) is 0 Å². The van der Waals surface area contributed by atoms with Gasteiger partial charge in [-0.2, -0.15) is 5.26 Å². The van der Waals surface area contributed by atoms with Gasteiger partial charge in [-0.15, -0.1) is 0 Å². The number of benzene rings is 1. The van der Waals surface area contributed by atoms with E-state index in [1.165, 1.54) is 55.9 Å². The second-order valence-electron chi connectivity index (χ2n) is 6.31. The molecule has 3 aliphatic rings. The predicted octanol–water partition coefficient (Wildman–Crippen LogP) is 4.87. The van der Waals surface area contributed by atoms with Crippen LogP contribution >= 0.6 is 11.8 Å². The molecule has 0 aromatic heterocycles. The van der Waals surface area contributed by atoms with Gasteiger partial charge >= 0.3 is 0 Å². The predicted molar refractivity (Wildman–Crippen MR) is 75.4 cm³/mol. The van der Waals surface area contributed by atoms with Gasteiger partial charge < -0.3 is 0 Å². The van der Waals surface area contributed by atoms with Gasteiger partial charge in [0.05, 0.1) is 0 Å². The van der Waals surface area contributed by atoms with E-state index in [1.54, 1.807) is 0 Å². The number of rotatable bonds is 2. The van der Waals surface area contributed by atoms with Crippen molar-refractivity contribution in [1.82, 2.24) is 0 Å². The third-order valence-electron chi connectivity index (χ3n) is 5.25. The van der Waals surface area contributed by atoms with Crippen LogP contribution in [0.25, 0.3) is 0 Å². The highest BCUT2D eigenvalue weighted by molar-refractivity contribution is 8.03. The van der Waals surface area contributed by atoms with Crippen LogP contribution in [0.4, 0.5) is 0 Å². The second-order valence-corrected chi connectivity index (χ2v) is 7.17. The second kappa shape index (κ2) is 4.31. The third-order valence-corrected chi connectivity index (χ3v) is 5.85. The molecule has 3 fully saturated rings. The lowest BCUT2D eigenvalue weighted by Gasteiger charge is -2.52. The summed E-state index contributed by atoms with van der Waals surface area (Å²) in [7, 11) is 0. The molecule has 0 heterocycles. The molecular formula is C16H19NS. The zero-order valence-electron chi connectivity index (χ0n) is 10.9. The van der Waals surface area contributed by atoms with Gasteiger partial charge in [0.1, 0.15) is 5.40 Å². The summed E-state index contributed by atoms with van der Waals surface area (Å²) >= 11 is 1.25. The first kappa shape index (κ1) is 12.1. The molecule has 0 radical (unpaired) electrons. The van der Waals surface area contributed by atoms with Crippen molar-refractivity contribution in [3.8, 4) is 5.40 Å². The van der Waals surface area contributed by atoms with Gasteiger partial charge in [0.2, 0.25) is 0 Å². The van der Waals surface area contributed by atoms with Crippen LogP contribution in [0, 0.1) is 16.1 Å². The quantitative estimate of drug-likeness (QED) is 0.557. The highest BCUT2D eigenvalue weighted by Crippen LogP contribution is 2.57. The van der Waals surface area contributed by atoms with Crippen molar-refractivity contribution in [3.05, 3.63) is 29.8 Å². The third kappa shape index (κ3) is 1.95. The molecule has 0 spiro atoms. The monoisotopic (exact) mass is 257 g/mol. The summed E-state index contributed by atoms with van der Waals surface area (Å²) in [6, 6.07) is 8.74. The molecule has 4 rings (SSSR count). The molecule has 0 aliphatic heterocycles. The van der Waals surface area contributed by atoms with Gasteiger partial charge in [-0.25, -0.2) is 0 Å². The van der Waals surface area contributed by atoms with E-state index >= 15 is 0 Å². The number of thioether (sulfide) groups is 1. The molecule has 0 saturated heterocycles. The summed E-state index contributed by atoms with van der Waals surface area (Å²) in [5.74, 6) is 0. The Labute approximate surface area is 114 Å². The average Bonchev–Trinajstić information content (AvgIpc) is 2.41. The van der Waals surface area contributed by atoms with Crippen LogP contribution in [-0.2, 0) is 5.41 Å². The summed E-state index contributed by atoms with van der Waals surface area (Å²) in [6.45, 7) is 2.46. The topological polar surface area (TPSA) is 23.8 Å². The van der Waals surface area contributed by atoms with Crippen molar-refractivity contribution in [3.63, 3.8) is 0 Å². The molecule has 3 saturated carbocycles. The lowest BCUT2D eigenvalue weighted by Crippen LogP contribution is -2.42. The van der Waals surface area contributed by atoms with E-state index in [-0.39, 0.29) is 0 Å². The van der Waals surface area contributed by atoms with Crippen molar-refractivity contribution >= 4 is 11.8 Å². The summed E-state index contributed by atoms with van der Waals surface area (Å²) < 4.78 is 0. The summed E-state index contributed by atoms with van der Waals surface area (Å²) in [6.07, 6.45) is 8.24. The van der Waals surface area contributed by atoms with Gasteiger partial charge in [-0.1, -0.05) is 19.1 Å². The zero-order chi connectivity index (χ0) is 12.6. The molecule has 1 aromatic rings. The van der Waals surface area contributed by atoms with E-state index in [9.17, 15) is 0 Å². The van der Waals surface area contributed by atoms with Crippen LogP contribution in [0.5, 0.6) is 0 Å². The number of nitrogens with zero attached hydrogens (tertiary/aromatic N) is 1. The molecule has 3 aliphatic carbocycles. The van der Waals surface area contributed by atoms with Crippen molar-refractivity contribution in [2.75, 3.05) is 0 Å². The van der Waals surface area contributed by atoms with Crippen LogP contribution in [0.15, 0.2) is 29.2 Å². The Kier molecular flexibility index (Phi) is 2.90. The van der Waals surface area contributed by atoms with Gasteiger partial charge in [-0.3, -0.25) is 0 Å². The molecular weight excluding hydrogens is 238 g/mol. The number of nitriles is 1. The van der Waals surface area contributed by atoms with Crippen molar-refractivity contribution < 1.29 is 0 Å². The minimum atomic E-state index is 0.452. The summed E-state index contributed by atoms with van der Waals surface area (Å²) in [4.78, 5) is 1.06. The Morgan fingerprint density at radius 2 is 1.56 bits per heavy atom. The van der Waals surface area contributed by atoms with Gasteiger partial charge in [0.25, 0.3) is 0 Å². The van der Waals surface area contributed by atoms with E-state index in [0.717, 1.165) is 4.90 Å². The van der Waals surface area contributed by atoms with Crippen LogP contribution in [0.1, 0.15) is 51.0 Å². The SMILES string of the molecule is CC12CCC(c3ccc(SC#N)cc3)(CC1)CC2. The maximum atomic E-state index is 8.68. The van der Waals surface area contributed by atoms with Gasteiger partial charge in [0.15, 0.2) is 0 Å². The molecule has 0 atom stereocenters. The standard InChI is InChI=1S/C16H19NS/c1-15-6-9-16(10-7-15,11-8-15)13-2-4-14(5-3-13)18-12-17/h2-5H,6-11H2,1H3. The Bertz CT molecular complexity index is 458. The lowest BCUT2D eigenvalue weighted by atomic mass is 9.52. The summed E-state index contributed by atoms with van der Waals surface area (Å²) in [5, 5.41) is 10.8. The van der Waals surface area contributed by atoms with E-state index in [2.05, 4.69) is 36.6 Å². The fourth-order valence-electron chi connectivity index (χ4n) is 3.74. The number of fused-ring (bicyclic) bond motifs is 3. The van der Waals surface area contributed by atoms with Crippen LogP contribution in [-0.4, -0.2) is 0 Å². The van der Waals surface area contributed by atoms with Gasteiger partial charge in [0, 0.05) is 4.90 Å². The summed E-state index contributed by atoms with van der Waals surface area (Å²) in [5.41, 5.74) is 2.60. The van der Waals surface area contributed by atoms with Crippen LogP contribution < -0.4 is 0 Å². The Morgan fingerprint density at radius 1 is 1.00 bits per heavy atom. The van der Waals surface area contributed by atoms with E-state index in [4.69, 9.17) is 5.26 Å². The van der Waals surface area contributed by atoms with Crippen molar-refractivity contribution in [2.24, 2.45) is 5.41 Å². The molecule has 1 aromatic carbocycles. The normalized spacial score (nSPS) is 34.2. The lowest BCUT2D eigenvalue weighted by molar-refractivity contribution is 0.0556. The molecule has 2 bridgehead atoms. The highest BCUT2D eigenvalue weighted by Gasteiger charge is 2.46. The van der Waals surface area contributed by atoms with Crippen LogP contribution in [0.3, 0.4) is 0 Å². The van der Waals surface area contributed by atoms with Crippen LogP contribution in [0.2, 0.25) is 0 Å². The molecule has 0 unspecified atom stereocenters. The number of hydrogen-bond acceptors (Lipinski definition) is 2. The maximum Gasteiger partial charge on any atom is 0.138 e. The molecule has 2 heteroatoms. The molecule has 94 valence electrons. The molecule has 18 heavy (non-hydrogen) atoms. The van der Waals surface area contributed by atoms with Crippen molar-refractivity contribution in [2.45, 2.75) is 55.8 Å². The van der Waals surface area contributed by atoms with E-state index in [0.29, 0.717) is 10.8 Å². The number of hydrogen-bond donors (Lipinski definition) is 0.